The number of benzene rings is 3. The van der Waals surface area contributed by atoms with Gasteiger partial charge in [0.05, 0.1) is 0 Å². The molecule has 0 aromatic heterocycles. The molecule has 0 N–H and O–H groups in total. The van der Waals surface area contributed by atoms with Gasteiger partial charge in [-0.2, -0.15) is 0 Å². The summed E-state index contributed by atoms with van der Waals surface area (Å²) < 4.78 is 0. The smallest absolute Gasteiger partial charge is 0.0462 e. The second kappa shape index (κ2) is 6.78. The van der Waals surface area contributed by atoms with Crippen molar-refractivity contribution in [1.82, 2.24) is 0 Å². The summed E-state index contributed by atoms with van der Waals surface area (Å²) in [7, 11) is 0. The largest absolute Gasteiger partial charge is 0.311 e. The summed E-state index contributed by atoms with van der Waals surface area (Å²) >= 11 is 0. The van der Waals surface area contributed by atoms with Crippen molar-refractivity contribution in [3.8, 4) is 24.7 Å². The average Bonchev–Trinajstić information content (AvgIpc) is 2.64. The van der Waals surface area contributed by atoms with Crippen molar-refractivity contribution in [3.63, 3.8) is 0 Å². The predicted octanol–water partition coefficient (Wildman–Crippen LogP) is 5.43. The molecule has 0 unspecified atom stereocenters. The van der Waals surface area contributed by atoms with E-state index in [1.54, 1.807) is 0 Å². The van der Waals surface area contributed by atoms with Gasteiger partial charge in [0, 0.05) is 28.2 Å². The highest BCUT2D eigenvalue weighted by Gasteiger charge is 2.12. The van der Waals surface area contributed by atoms with E-state index in [0.717, 1.165) is 28.2 Å². The molecular formula is C23H17N. The number of aryl methyl sites for hydroxylation is 1. The lowest BCUT2D eigenvalue weighted by Crippen LogP contribution is -2.09. The lowest BCUT2D eigenvalue weighted by molar-refractivity contribution is 1.27. The number of nitrogens with zero attached hydrogens (tertiary/aromatic N) is 1. The van der Waals surface area contributed by atoms with Crippen molar-refractivity contribution in [3.05, 3.63) is 89.5 Å². The van der Waals surface area contributed by atoms with Gasteiger partial charge in [0.2, 0.25) is 0 Å². The molecule has 0 aliphatic heterocycles. The monoisotopic (exact) mass is 307 g/mol. The average molecular weight is 307 g/mol. The van der Waals surface area contributed by atoms with E-state index in [2.05, 4.69) is 47.9 Å². The van der Waals surface area contributed by atoms with Crippen molar-refractivity contribution in [1.29, 1.82) is 0 Å². The third-order valence-corrected chi connectivity index (χ3v) is 3.88. The summed E-state index contributed by atoms with van der Waals surface area (Å²) in [6, 6.07) is 24.4. The zero-order valence-electron chi connectivity index (χ0n) is 13.5. The fraction of sp³-hybridized carbons (Fsp3) is 0.0435. The Labute approximate surface area is 143 Å². The van der Waals surface area contributed by atoms with Crippen LogP contribution in [-0.4, -0.2) is 0 Å². The molecule has 0 bridgehead atoms. The number of hydrogen-bond acceptors (Lipinski definition) is 1. The first kappa shape index (κ1) is 15.5. The first-order valence-electron chi connectivity index (χ1n) is 7.71. The highest BCUT2D eigenvalue weighted by atomic mass is 15.1. The maximum absolute atomic E-state index is 5.46. The molecule has 3 aromatic rings. The number of hydrogen-bond donors (Lipinski definition) is 0. The Bertz CT molecular complexity index is 845. The van der Waals surface area contributed by atoms with Gasteiger partial charge in [-0.15, -0.1) is 12.8 Å². The maximum atomic E-state index is 5.46. The van der Waals surface area contributed by atoms with Crippen molar-refractivity contribution >= 4 is 17.1 Å². The normalized spacial score (nSPS) is 9.79. The molecule has 1 heteroatoms. The van der Waals surface area contributed by atoms with Crippen LogP contribution in [-0.2, 0) is 0 Å². The van der Waals surface area contributed by atoms with Gasteiger partial charge < -0.3 is 4.90 Å². The van der Waals surface area contributed by atoms with Crippen molar-refractivity contribution in [2.45, 2.75) is 6.92 Å². The van der Waals surface area contributed by atoms with Gasteiger partial charge in [-0.05, 0) is 67.6 Å². The fourth-order valence-corrected chi connectivity index (χ4v) is 2.55. The second-order valence-electron chi connectivity index (χ2n) is 5.55. The summed E-state index contributed by atoms with van der Waals surface area (Å²) in [5.41, 5.74) is 6.14. The van der Waals surface area contributed by atoms with Crippen LogP contribution >= 0.6 is 0 Å². The second-order valence-corrected chi connectivity index (χ2v) is 5.55. The minimum absolute atomic E-state index is 0.866. The first-order valence-corrected chi connectivity index (χ1v) is 7.71. The van der Waals surface area contributed by atoms with E-state index in [1.807, 2.05) is 48.5 Å². The summed E-state index contributed by atoms with van der Waals surface area (Å²) in [5, 5.41) is 0. The molecule has 0 radical (unpaired) electrons. The van der Waals surface area contributed by atoms with E-state index < -0.39 is 0 Å². The van der Waals surface area contributed by atoms with Crippen molar-refractivity contribution in [2.24, 2.45) is 0 Å². The minimum atomic E-state index is 0.866. The molecule has 3 aromatic carbocycles. The molecule has 114 valence electrons. The van der Waals surface area contributed by atoms with Crippen LogP contribution in [0.5, 0.6) is 0 Å². The molecule has 24 heavy (non-hydrogen) atoms. The van der Waals surface area contributed by atoms with Crippen molar-refractivity contribution < 1.29 is 0 Å². The molecular weight excluding hydrogens is 290 g/mol. The molecule has 0 saturated carbocycles. The Kier molecular flexibility index (Phi) is 4.37. The molecule has 0 atom stereocenters. The van der Waals surface area contributed by atoms with Crippen LogP contribution in [0.15, 0.2) is 72.8 Å². The van der Waals surface area contributed by atoms with E-state index in [0.29, 0.717) is 0 Å². The van der Waals surface area contributed by atoms with E-state index in [-0.39, 0.29) is 0 Å². The summed E-state index contributed by atoms with van der Waals surface area (Å²) in [6.07, 6.45) is 10.9. The standard InChI is InChI=1S/C23H17N/c1-4-19-8-14-22(15-9-19)24(21-12-6-18(3)7-13-21)23-16-10-20(5-2)11-17-23/h1-2,6-17H,3H3. The number of anilines is 3. The summed E-state index contributed by atoms with van der Waals surface area (Å²) in [6.45, 7) is 2.08. The topological polar surface area (TPSA) is 3.24 Å². The summed E-state index contributed by atoms with van der Waals surface area (Å²) in [5.74, 6) is 5.31. The summed E-state index contributed by atoms with van der Waals surface area (Å²) in [4.78, 5) is 2.18. The van der Waals surface area contributed by atoms with Gasteiger partial charge in [0.25, 0.3) is 0 Å². The van der Waals surface area contributed by atoms with Crippen molar-refractivity contribution in [2.75, 3.05) is 4.90 Å². The first-order chi connectivity index (χ1) is 11.7. The molecule has 0 heterocycles. The Morgan fingerprint density at radius 1 is 0.583 bits per heavy atom. The number of rotatable bonds is 3. The van der Waals surface area contributed by atoms with Gasteiger partial charge in [-0.25, -0.2) is 0 Å². The third-order valence-electron chi connectivity index (χ3n) is 3.88. The fourth-order valence-electron chi connectivity index (χ4n) is 2.55. The zero-order valence-corrected chi connectivity index (χ0v) is 13.5. The molecule has 0 amide bonds. The minimum Gasteiger partial charge on any atom is -0.311 e. The highest BCUT2D eigenvalue weighted by Crippen LogP contribution is 2.34. The van der Waals surface area contributed by atoms with Gasteiger partial charge in [0.15, 0.2) is 0 Å². The predicted molar refractivity (Wildman–Crippen MR) is 102 cm³/mol. The Hall–Kier alpha value is -3.42. The van der Waals surface area contributed by atoms with Crippen LogP contribution < -0.4 is 4.90 Å². The van der Waals surface area contributed by atoms with Crippen LogP contribution in [0.4, 0.5) is 17.1 Å². The van der Waals surface area contributed by atoms with Gasteiger partial charge in [-0.1, -0.05) is 29.5 Å². The Morgan fingerprint density at radius 2 is 0.917 bits per heavy atom. The SMILES string of the molecule is C#Cc1ccc(N(c2ccc(C)cc2)c2ccc(C#C)cc2)cc1. The lowest BCUT2D eigenvalue weighted by Gasteiger charge is -2.25. The Morgan fingerprint density at radius 3 is 1.25 bits per heavy atom. The van der Waals surface area contributed by atoms with E-state index in [4.69, 9.17) is 12.8 Å². The molecule has 3 rings (SSSR count). The zero-order chi connectivity index (χ0) is 16.9. The van der Waals surface area contributed by atoms with Crippen LogP contribution in [0.2, 0.25) is 0 Å². The van der Waals surface area contributed by atoms with E-state index in [1.165, 1.54) is 5.56 Å². The molecule has 0 saturated heterocycles. The van der Waals surface area contributed by atoms with Gasteiger partial charge in [-0.3, -0.25) is 0 Å². The van der Waals surface area contributed by atoms with E-state index >= 15 is 0 Å². The maximum Gasteiger partial charge on any atom is 0.0462 e. The highest BCUT2D eigenvalue weighted by molar-refractivity contribution is 5.77. The van der Waals surface area contributed by atoms with E-state index in [9.17, 15) is 0 Å². The van der Waals surface area contributed by atoms with Gasteiger partial charge >= 0.3 is 0 Å². The molecule has 0 fully saturated rings. The molecule has 0 aliphatic rings. The third kappa shape index (κ3) is 3.17. The van der Waals surface area contributed by atoms with Crippen LogP contribution in [0.3, 0.4) is 0 Å². The Balaban J connectivity index is 2.10. The molecule has 1 nitrogen and oxygen atoms in total. The van der Waals surface area contributed by atoms with Crippen LogP contribution in [0, 0.1) is 31.6 Å². The quantitative estimate of drug-likeness (QED) is 0.583. The van der Waals surface area contributed by atoms with Gasteiger partial charge in [0.1, 0.15) is 0 Å². The van der Waals surface area contributed by atoms with Crippen LogP contribution in [0.1, 0.15) is 16.7 Å². The van der Waals surface area contributed by atoms with Crippen LogP contribution in [0.25, 0.3) is 0 Å². The molecule has 0 aliphatic carbocycles. The molecule has 0 spiro atoms. The lowest BCUT2D eigenvalue weighted by atomic mass is 10.1. The number of terminal acetylenes is 2.